The number of nitrogens with one attached hydrogen (secondary N) is 1. The lowest BCUT2D eigenvalue weighted by molar-refractivity contribution is -0.120. The molecule has 1 aromatic heterocycles. The van der Waals surface area contributed by atoms with Crippen LogP contribution in [0.4, 0.5) is 15.9 Å². The maximum atomic E-state index is 13.4. The quantitative estimate of drug-likeness (QED) is 0.877. The number of halogens is 2. The Morgan fingerprint density at radius 2 is 2.12 bits per heavy atom. The Hall–Kier alpha value is -2.41. The highest BCUT2D eigenvalue weighted by Crippen LogP contribution is 2.31. The molecule has 1 aliphatic rings. The number of carbonyl (C=O) groups excluding carboxylic acids is 2. The van der Waals surface area contributed by atoms with Gasteiger partial charge in [-0.25, -0.2) is 4.39 Å². The van der Waals surface area contributed by atoms with Gasteiger partial charge in [-0.3, -0.25) is 14.5 Å². The molecule has 1 N–H and O–H groups in total. The van der Waals surface area contributed by atoms with Gasteiger partial charge in [0.05, 0.1) is 5.02 Å². The van der Waals surface area contributed by atoms with Crippen LogP contribution in [0.25, 0.3) is 0 Å². The second kappa shape index (κ2) is 6.72. The average molecular weight is 380 g/mol. The molecule has 0 radical (unpaired) electrons. The fourth-order valence-electron chi connectivity index (χ4n) is 2.79. The van der Waals surface area contributed by atoms with Crippen LogP contribution >= 0.6 is 11.6 Å². The molecule has 1 aromatic carbocycles. The van der Waals surface area contributed by atoms with Gasteiger partial charge < -0.3 is 9.84 Å². The predicted molar refractivity (Wildman–Crippen MR) is 95.8 cm³/mol. The Balaban J connectivity index is 1.80. The van der Waals surface area contributed by atoms with E-state index in [9.17, 15) is 14.0 Å². The standard InChI is InChI=1S/C18H19ClFN3O3/c1-18(2,3)14-9-15(22-26-14)21-17(25)13-6-7-16(24)23(13)10-4-5-12(20)11(19)8-10/h4-5,8-9,13H,6-7H2,1-3H3,(H,21,22,25)/t13-/m0/s1. The minimum absolute atomic E-state index is 0.104. The van der Waals surface area contributed by atoms with Crippen LogP contribution in [0.2, 0.25) is 5.02 Å². The summed E-state index contributed by atoms with van der Waals surface area (Å²) in [5, 5.41) is 6.43. The van der Waals surface area contributed by atoms with E-state index in [-0.39, 0.29) is 34.5 Å². The van der Waals surface area contributed by atoms with Crippen molar-refractivity contribution in [2.24, 2.45) is 0 Å². The summed E-state index contributed by atoms with van der Waals surface area (Å²) in [6.07, 6.45) is 0.572. The molecule has 1 atom stereocenters. The molecule has 2 aromatic rings. The zero-order valence-corrected chi connectivity index (χ0v) is 15.4. The SMILES string of the molecule is CC(C)(C)c1cc(NC(=O)[C@@H]2CCC(=O)N2c2ccc(F)c(Cl)c2)no1. The maximum Gasteiger partial charge on any atom is 0.248 e. The van der Waals surface area contributed by atoms with E-state index >= 15 is 0 Å². The molecule has 6 nitrogen and oxygen atoms in total. The third-order valence-electron chi connectivity index (χ3n) is 4.20. The normalized spacial score (nSPS) is 17.7. The van der Waals surface area contributed by atoms with Crippen molar-refractivity contribution in [3.8, 4) is 0 Å². The van der Waals surface area contributed by atoms with E-state index < -0.39 is 11.9 Å². The molecule has 0 aliphatic carbocycles. The van der Waals surface area contributed by atoms with Crippen LogP contribution in [-0.4, -0.2) is 23.0 Å². The molecule has 138 valence electrons. The summed E-state index contributed by atoms with van der Waals surface area (Å²) in [5.41, 5.74) is 0.144. The summed E-state index contributed by atoms with van der Waals surface area (Å²) in [7, 11) is 0. The minimum atomic E-state index is -0.723. The number of aromatic nitrogens is 1. The highest BCUT2D eigenvalue weighted by Gasteiger charge is 2.37. The van der Waals surface area contributed by atoms with E-state index in [1.54, 1.807) is 6.07 Å². The molecular weight excluding hydrogens is 361 g/mol. The summed E-state index contributed by atoms with van der Waals surface area (Å²) in [6, 6.07) is 4.88. The van der Waals surface area contributed by atoms with Gasteiger partial charge >= 0.3 is 0 Å². The Kier molecular flexibility index (Phi) is 4.75. The number of hydrogen-bond donors (Lipinski definition) is 1. The largest absolute Gasteiger partial charge is 0.359 e. The van der Waals surface area contributed by atoms with E-state index in [1.807, 2.05) is 20.8 Å². The Labute approximate surface area is 155 Å². The van der Waals surface area contributed by atoms with Crippen LogP contribution in [0.1, 0.15) is 39.4 Å². The van der Waals surface area contributed by atoms with E-state index in [0.717, 1.165) is 0 Å². The third-order valence-corrected chi connectivity index (χ3v) is 4.49. The molecule has 1 aliphatic heterocycles. The molecule has 0 saturated carbocycles. The van der Waals surface area contributed by atoms with Crippen molar-refractivity contribution in [1.29, 1.82) is 0 Å². The van der Waals surface area contributed by atoms with Crippen molar-refractivity contribution in [3.63, 3.8) is 0 Å². The summed E-state index contributed by atoms with van der Waals surface area (Å²) < 4.78 is 18.6. The number of hydrogen-bond acceptors (Lipinski definition) is 4. The lowest BCUT2D eigenvalue weighted by atomic mass is 9.93. The molecule has 2 amide bonds. The van der Waals surface area contributed by atoms with E-state index in [1.165, 1.54) is 23.1 Å². The fourth-order valence-corrected chi connectivity index (χ4v) is 2.96. The molecule has 26 heavy (non-hydrogen) atoms. The number of benzene rings is 1. The predicted octanol–water partition coefficient (Wildman–Crippen LogP) is 3.90. The van der Waals surface area contributed by atoms with Gasteiger partial charge in [0.1, 0.15) is 17.6 Å². The van der Waals surface area contributed by atoms with E-state index in [4.69, 9.17) is 16.1 Å². The van der Waals surface area contributed by atoms with Crippen molar-refractivity contribution >= 4 is 34.9 Å². The molecule has 1 fully saturated rings. The molecule has 0 bridgehead atoms. The topological polar surface area (TPSA) is 75.4 Å². The minimum Gasteiger partial charge on any atom is -0.359 e. The smallest absolute Gasteiger partial charge is 0.248 e. The van der Waals surface area contributed by atoms with Gasteiger partial charge in [0, 0.05) is 23.6 Å². The average Bonchev–Trinajstić information content (AvgIpc) is 3.16. The number of amides is 2. The molecule has 1 saturated heterocycles. The van der Waals surface area contributed by atoms with Gasteiger partial charge in [0.15, 0.2) is 5.82 Å². The molecular formula is C18H19ClFN3O3. The Morgan fingerprint density at radius 1 is 1.38 bits per heavy atom. The van der Waals surface area contributed by atoms with Crippen LogP contribution in [0.15, 0.2) is 28.8 Å². The van der Waals surface area contributed by atoms with Crippen LogP contribution in [0, 0.1) is 5.82 Å². The van der Waals surface area contributed by atoms with Crippen molar-refractivity contribution in [2.45, 2.75) is 45.1 Å². The van der Waals surface area contributed by atoms with Crippen molar-refractivity contribution < 1.29 is 18.5 Å². The van der Waals surface area contributed by atoms with E-state index in [2.05, 4.69) is 10.5 Å². The summed E-state index contributed by atoms with van der Waals surface area (Å²) >= 11 is 5.81. The first-order chi connectivity index (χ1) is 12.2. The summed E-state index contributed by atoms with van der Waals surface area (Å²) in [6.45, 7) is 5.90. The van der Waals surface area contributed by atoms with Gasteiger partial charge in [-0.15, -0.1) is 0 Å². The number of carbonyl (C=O) groups is 2. The molecule has 8 heteroatoms. The number of anilines is 2. The van der Waals surface area contributed by atoms with Crippen molar-refractivity contribution in [3.05, 3.63) is 40.9 Å². The van der Waals surface area contributed by atoms with Crippen LogP contribution in [0.3, 0.4) is 0 Å². The Morgan fingerprint density at radius 3 is 2.73 bits per heavy atom. The van der Waals surface area contributed by atoms with Crippen LogP contribution in [0.5, 0.6) is 0 Å². The first-order valence-electron chi connectivity index (χ1n) is 8.22. The van der Waals surface area contributed by atoms with Gasteiger partial charge in [-0.05, 0) is 24.6 Å². The first kappa shape index (κ1) is 18.4. The second-order valence-corrected chi connectivity index (χ2v) is 7.64. The van der Waals surface area contributed by atoms with Gasteiger partial charge in [-0.1, -0.05) is 37.5 Å². The van der Waals surface area contributed by atoms with Crippen LogP contribution in [-0.2, 0) is 15.0 Å². The number of nitrogens with zero attached hydrogens (tertiary/aromatic N) is 2. The maximum absolute atomic E-state index is 13.4. The van der Waals surface area contributed by atoms with E-state index in [0.29, 0.717) is 17.9 Å². The van der Waals surface area contributed by atoms with Gasteiger partial charge in [0.2, 0.25) is 11.8 Å². The van der Waals surface area contributed by atoms with Crippen LogP contribution < -0.4 is 10.2 Å². The molecule has 2 heterocycles. The zero-order chi connectivity index (χ0) is 19.1. The zero-order valence-electron chi connectivity index (χ0n) is 14.7. The number of rotatable bonds is 3. The van der Waals surface area contributed by atoms with Gasteiger partial charge in [-0.2, -0.15) is 0 Å². The second-order valence-electron chi connectivity index (χ2n) is 7.23. The third kappa shape index (κ3) is 3.58. The first-order valence-corrected chi connectivity index (χ1v) is 8.60. The highest BCUT2D eigenvalue weighted by molar-refractivity contribution is 6.31. The monoisotopic (exact) mass is 379 g/mol. The van der Waals surface area contributed by atoms with Crippen molar-refractivity contribution in [1.82, 2.24) is 5.16 Å². The molecule has 0 unspecified atom stereocenters. The highest BCUT2D eigenvalue weighted by atomic mass is 35.5. The molecule has 3 rings (SSSR count). The Bertz CT molecular complexity index is 860. The van der Waals surface area contributed by atoms with Crippen molar-refractivity contribution in [2.75, 3.05) is 10.2 Å². The summed E-state index contributed by atoms with van der Waals surface area (Å²) in [4.78, 5) is 26.2. The van der Waals surface area contributed by atoms with Gasteiger partial charge in [0.25, 0.3) is 0 Å². The lowest BCUT2D eigenvalue weighted by Gasteiger charge is -2.24. The molecule has 0 spiro atoms. The summed E-state index contributed by atoms with van der Waals surface area (Å²) in [5.74, 6) is -0.261. The fraction of sp³-hybridized carbons (Fsp3) is 0.389. The lowest BCUT2D eigenvalue weighted by Crippen LogP contribution is -2.41.